The molecule has 4 N–H and O–H groups in total. The molecule has 1 aromatic carbocycles. The number of rotatable bonds is 9. The second-order valence-corrected chi connectivity index (χ2v) is 7.84. The van der Waals surface area contributed by atoms with Gasteiger partial charge in [0.1, 0.15) is 23.7 Å². The molecule has 0 fully saturated rings. The Balaban J connectivity index is 2.23. The smallest absolute Gasteiger partial charge is 0.341 e. The molecule has 2 rings (SSSR count). The predicted molar refractivity (Wildman–Crippen MR) is 108 cm³/mol. The Morgan fingerprint density at radius 1 is 1.22 bits per heavy atom. The van der Waals surface area contributed by atoms with E-state index in [1.54, 1.807) is 6.92 Å². The SMILES string of the molecule is CCOC(=O)c1c(NC(=O)C[NH2+]CC[NH+](C)C)sc(C)c1-c1ccccc1. The van der Waals surface area contributed by atoms with E-state index < -0.39 is 5.97 Å². The summed E-state index contributed by atoms with van der Waals surface area (Å²) in [6.07, 6.45) is 0. The monoisotopic (exact) mass is 391 g/mol. The quantitative estimate of drug-likeness (QED) is 0.432. The van der Waals surface area contributed by atoms with Crippen molar-refractivity contribution in [2.24, 2.45) is 0 Å². The molecule has 0 unspecified atom stereocenters. The first-order valence-electron chi connectivity index (χ1n) is 9.20. The standard InChI is InChI=1S/C20H27N3O3S/c1-5-26-20(25)18-17(15-9-7-6-8-10-15)14(2)27-19(18)22-16(24)13-21-11-12-23(3)4/h6-10,21H,5,11-13H2,1-4H3,(H,22,24)/p+2. The van der Waals surface area contributed by atoms with Gasteiger partial charge in [-0.2, -0.15) is 0 Å². The molecule has 2 aromatic rings. The van der Waals surface area contributed by atoms with E-state index in [1.807, 2.05) is 42.6 Å². The molecule has 0 radical (unpaired) electrons. The molecule has 1 aromatic heterocycles. The number of anilines is 1. The van der Waals surface area contributed by atoms with Crippen molar-refractivity contribution in [2.45, 2.75) is 13.8 Å². The van der Waals surface area contributed by atoms with Crippen molar-refractivity contribution in [3.8, 4) is 11.1 Å². The Bertz CT molecular complexity index is 772. The number of aryl methyl sites for hydroxylation is 1. The summed E-state index contributed by atoms with van der Waals surface area (Å²) in [5, 5.41) is 5.44. The van der Waals surface area contributed by atoms with Gasteiger partial charge in [0, 0.05) is 10.4 Å². The number of nitrogens with two attached hydrogens (primary N) is 1. The van der Waals surface area contributed by atoms with Gasteiger partial charge in [-0.3, -0.25) is 4.79 Å². The molecule has 27 heavy (non-hydrogen) atoms. The van der Waals surface area contributed by atoms with Crippen LogP contribution >= 0.6 is 11.3 Å². The van der Waals surface area contributed by atoms with Crippen molar-refractivity contribution < 1.29 is 24.5 Å². The van der Waals surface area contributed by atoms with E-state index in [4.69, 9.17) is 4.74 Å². The number of benzene rings is 1. The zero-order valence-corrected chi connectivity index (χ0v) is 17.2. The number of esters is 1. The Labute approximate surface area is 164 Å². The third-order valence-corrected chi connectivity index (χ3v) is 5.08. The molecule has 146 valence electrons. The molecule has 1 amide bonds. The number of carbonyl (C=O) groups is 2. The van der Waals surface area contributed by atoms with Crippen LogP contribution < -0.4 is 15.5 Å². The predicted octanol–water partition coefficient (Wildman–Crippen LogP) is 0.547. The summed E-state index contributed by atoms with van der Waals surface area (Å²) in [5.41, 5.74) is 2.21. The van der Waals surface area contributed by atoms with Crippen molar-refractivity contribution in [3.63, 3.8) is 0 Å². The Morgan fingerprint density at radius 3 is 2.56 bits per heavy atom. The largest absolute Gasteiger partial charge is 0.462 e. The van der Waals surface area contributed by atoms with Gasteiger partial charge in [0.05, 0.1) is 20.7 Å². The summed E-state index contributed by atoms with van der Waals surface area (Å²) in [6.45, 7) is 6.20. The molecule has 0 saturated heterocycles. The molecule has 0 spiro atoms. The van der Waals surface area contributed by atoms with E-state index in [0.29, 0.717) is 17.1 Å². The maximum atomic E-state index is 12.6. The minimum Gasteiger partial charge on any atom is -0.462 e. The molecule has 0 aliphatic carbocycles. The molecule has 1 heterocycles. The van der Waals surface area contributed by atoms with Crippen LogP contribution in [0.5, 0.6) is 0 Å². The number of quaternary nitrogens is 2. The van der Waals surface area contributed by atoms with E-state index in [-0.39, 0.29) is 12.5 Å². The van der Waals surface area contributed by atoms with Crippen LogP contribution in [0.2, 0.25) is 0 Å². The van der Waals surface area contributed by atoms with Crippen molar-refractivity contribution >= 4 is 28.2 Å². The maximum absolute atomic E-state index is 12.6. The number of amides is 1. The number of thiophene rings is 1. The van der Waals surface area contributed by atoms with E-state index in [0.717, 1.165) is 29.1 Å². The number of carbonyl (C=O) groups excluding carboxylic acids is 2. The Hall–Kier alpha value is -2.22. The minimum absolute atomic E-state index is 0.116. The van der Waals surface area contributed by atoms with Crippen molar-refractivity contribution in [3.05, 3.63) is 40.8 Å². The summed E-state index contributed by atoms with van der Waals surface area (Å²) < 4.78 is 5.26. The summed E-state index contributed by atoms with van der Waals surface area (Å²) >= 11 is 1.41. The number of nitrogens with one attached hydrogen (secondary N) is 2. The average molecular weight is 392 g/mol. The minimum atomic E-state index is -0.406. The van der Waals surface area contributed by atoms with Crippen molar-refractivity contribution in [1.29, 1.82) is 0 Å². The van der Waals surface area contributed by atoms with Gasteiger partial charge in [-0.25, -0.2) is 4.79 Å². The second kappa shape index (κ2) is 10.2. The van der Waals surface area contributed by atoms with Crippen LogP contribution in [-0.2, 0) is 9.53 Å². The van der Waals surface area contributed by atoms with Gasteiger partial charge >= 0.3 is 5.97 Å². The van der Waals surface area contributed by atoms with Crippen LogP contribution in [0.25, 0.3) is 11.1 Å². The van der Waals surface area contributed by atoms with Gasteiger partial charge in [0.15, 0.2) is 6.54 Å². The van der Waals surface area contributed by atoms with Crippen molar-refractivity contribution in [2.75, 3.05) is 45.7 Å². The lowest BCUT2D eigenvalue weighted by Crippen LogP contribution is -3.09. The first-order valence-corrected chi connectivity index (χ1v) is 10.0. The second-order valence-electron chi connectivity index (χ2n) is 6.61. The highest BCUT2D eigenvalue weighted by Gasteiger charge is 2.25. The van der Waals surface area contributed by atoms with Gasteiger partial charge < -0.3 is 20.3 Å². The van der Waals surface area contributed by atoms with Gasteiger partial charge in [-0.1, -0.05) is 30.3 Å². The number of ether oxygens (including phenoxy) is 1. The average Bonchev–Trinajstić information content (AvgIpc) is 2.95. The number of likely N-dealkylation sites (N-methyl/N-ethyl adjacent to an activating group) is 1. The summed E-state index contributed by atoms with van der Waals surface area (Å²) in [7, 11) is 4.16. The zero-order valence-electron chi connectivity index (χ0n) is 16.4. The molecular formula is C20H29N3O3S+2. The third-order valence-electron chi connectivity index (χ3n) is 4.06. The first-order chi connectivity index (χ1) is 12.9. The van der Waals surface area contributed by atoms with E-state index in [9.17, 15) is 9.59 Å². The topological polar surface area (TPSA) is 76.4 Å². The third kappa shape index (κ3) is 5.89. The lowest BCUT2D eigenvalue weighted by molar-refractivity contribution is -0.873. The zero-order chi connectivity index (χ0) is 19.8. The van der Waals surface area contributed by atoms with Crippen LogP contribution in [0.1, 0.15) is 22.2 Å². The normalized spacial score (nSPS) is 10.9. The lowest BCUT2D eigenvalue weighted by atomic mass is 10.0. The fourth-order valence-electron chi connectivity index (χ4n) is 2.78. The highest BCUT2D eigenvalue weighted by molar-refractivity contribution is 7.17. The summed E-state index contributed by atoms with van der Waals surface area (Å²) in [5.74, 6) is -0.522. The molecule has 0 bridgehead atoms. The maximum Gasteiger partial charge on any atom is 0.341 e. The van der Waals surface area contributed by atoms with Crippen LogP contribution in [0.4, 0.5) is 5.00 Å². The fraction of sp³-hybridized carbons (Fsp3) is 0.400. The molecule has 7 heteroatoms. The highest BCUT2D eigenvalue weighted by Crippen LogP contribution is 2.40. The van der Waals surface area contributed by atoms with Gasteiger partial charge in [-0.05, 0) is 19.4 Å². The van der Waals surface area contributed by atoms with Crippen LogP contribution in [0, 0.1) is 6.92 Å². The fourth-order valence-corrected chi connectivity index (χ4v) is 3.87. The van der Waals surface area contributed by atoms with Crippen molar-refractivity contribution in [1.82, 2.24) is 0 Å². The molecule has 0 atom stereocenters. The van der Waals surface area contributed by atoms with E-state index >= 15 is 0 Å². The molecule has 0 saturated carbocycles. The summed E-state index contributed by atoms with van der Waals surface area (Å²) in [6, 6.07) is 9.72. The van der Waals surface area contributed by atoms with E-state index in [2.05, 4.69) is 19.4 Å². The number of hydrogen-bond acceptors (Lipinski definition) is 4. The number of hydrogen-bond donors (Lipinski definition) is 3. The summed E-state index contributed by atoms with van der Waals surface area (Å²) in [4.78, 5) is 27.3. The van der Waals surface area contributed by atoms with Gasteiger partial charge in [-0.15, -0.1) is 11.3 Å². The Morgan fingerprint density at radius 2 is 1.93 bits per heavy atom. The van der Waals surface area contributed by atoms with Gasteiger partial charge in [0.2, 0.25) is 0 Å². The Kier molecular flexibility index (Phi) is 7.97. The molecular weight excluding hydrogens is 362 g/mol. The highest BCUT2D eigenvalue weighted by atomic mass is 32.1. The molecule has 0 aliphatic rings. The lowest BCUT2D eigenvalue weighted by Gasteiger charge is -2.09. The van der Waals surface area contributed by atoms with Gasteiger partial charge in [0.25, 0.3) is 5.91 Å². The molecule has 0 aliphatic heterocycles. The van der Waals surface area contributed by atoms with Crippen LogP contribution in [0.15, 0.2) is 30.3 Å². The van der Waals surface area contributed by atoms with Crippen LogP contribution in [-0.4, -0.2) is 52.2 Å². The van der Waals surface area contributed by atoms with E-state index in [1.165, 1.54) is 16.2 Å². The first kappa shape index (κ1) is 21.1. The van der Waals surface area contributed by atoms with Crippen LogP contribution in [0.3, 0.4) is 0 Å². The molecule has 6 nitrogen and oxygen atoms in total.